The predicted molar refractivity (Wildman–Crippen MR) is 101 cm³/mol. The van der Waals surface area contributed by atoms with Crippen LogP contribution in [-0.4, -0.2) is 43.1 Å². The van der Waals surface area contributed by atoms with Crippen LogP contribution in [0.4, 0.5) is 11.5 Å². The maximum atomic E-state index is 12.2. The summed E-state index contributed by atoms with van der Waals surface area (Å²) in [6.45, 7) is 3.54. The third-order valence-electron chi connectivity index (χ3n) is 4.70. The molecule has 2 aromatic rings. The normalized spacial score (nSPS) is 17.5. The molecule has 1 aliphatic heterocycles. The molecular formula is C19H21ClN4O. The Bertz CT molecular complexity index is 770. The molecule has 0 radical (unpaired) electrons. The van der Waals surface area contributed by atoms with Crippen LogP contribution < -0.4 is 15.1 Å². The average molecular weight is 357 g/mol. The summed E-state index contributed by atoms with van der Waals surface area (Å²) in [5.41, 5.74) is 1.84. The molecule has 1 saturated carbocycles. The number of hydrogen-bond donors (Lipinski definition) is 1. The number of nitrogens with zero attached hydrogens (tertiary/aromatic N) is 3. The Kier molecular flexibility index (Phi) is 4.49. The molecule has 1 saturated heterocycles. The molecule has 2 fully saturated rings. The largest absolute Gasteiger partial charge is 0.368 e. The van der Waals surface area contributed by atoms with Gasteiger partial charge in [0.1, 0.15) is 5.82 Å². The van der Waals surface area contributed by atoms with E-state index in [9.17, 15) is 4.79 Å². The van der Waals surface area contributed by atoms with Crippen molar-refractivity contribution in [2.24, 2.45) is 0 Å². The fourth-order valence-electron chi connectivity index (χ4n) is 3.10. The van der Waals surface area contributed by atoms with Crippen LogP contribution >= 0.6 is 11.6 Å². The first-order valence-electron chi connectivity index (χ1n) is 8.71. The highest BCUT2D eigenvalue weighted by Crippen LogP contribution is 2.23. The van der Waals surface area contributed by atoms with Gasteiger partial charge in [-0.1, -0.05) is 17.7 Å². The van der Waals surface area contributed by atoms with E-state index in [1.54, 1.807) is 12.3 Å². The van der Waals surface area contributed by atoms with Crippen LogP contribution in [0.15, 0.2) is 42.6 Å². The fourth-order valence-corrected chi connectivity index (χ4v) is 3.28. The van der Waals surface area contributed by atoms with E-state index in [4.69, 9.17) is 11.6 Å². The Morgan fingerprint density at radius 2 is 1.84 bits per heavy atom. The topological polar surface area (TPSA) is 48.5 Å². The van der Waals surface area contributed by atoms with E-state index in [-0.39, 0.29) is 5.91 Å². The number of benzene rings is 1. The van der Waals surface area contributed by atoms with Crippen LogP contribution in [0.2, 0.25) is 5.02 Å². The number of halogens is 1. The second kappa shape index (κ2) is 6.92. The van der Waals surface area contributed by atoms with Crippen LogP contribution in [-0.2, 0) is 0 Å². The molecule has 2 aliphatic rings. The number of rotatable bonds is 4. The molecule has 4 rings (SSSR count). The summed E-state index contributed by atoms with van der Waals surface area (Å²) < 4.78 is 0. The molecule has 6 heteroatoms. The van der Waals surface area contributed by atoms with Crippen LogP contribution in [0.3, 0.4) is 0 Å². The fraction of sp³-hybridized carbons (Fsp3) is 0.368. The molecule has 0 bridgehead atoms. The van der Waals surface area contributed by atoms with Crippen LogP contribution in [0.25, 0.3) is 0 Å². The van der Waals surface area contributed by atoms with E-state index in [0.717, 1.165) is 55.5 Å². The van der Waals surface area contributed by atoms with Gasteiger partial charge in [-0.05, 0) is 43.2 Å². The molecule has 1 amide bonds. The first-order valence-corrected chi connectivity index (χ1v) is 9.09. The Morgan fingerprint density at radius 3 is 2.56 bits per heavy atom. The highest BCUT2D eigenvalue weighted by Gasteiger charge is 2.24. The number of pyridine rings is 1. The Hall–Kier alpha value is -2.27. The lowest BCUT2D eigenvalue weighted by molar-refractivity contribution is 0.0951. The van der Waals surface area contributed by atoms with Crippen LogP contribution in [0.1, 0.15) is 23.2 Å². The van der Waals surface area contributed by atoms with Gasteiger partial charge in [0.05, 0.1) is 0 Å². The van der Waals surface area contributed by atoms with Gasteiger partial charge in [-0.2, -0.15) is 0 Å². The van der Waals surface area contributed by atoms with Crippen LogP contribution in [0, 0.1) is 0 Å². The van der Waals surface area contributed by atoms with E-state index in [1.165, 1.54) is 0 Å². The van der Waals surface area contributed by atoms with Crippen molar-refractivity contribution < 1.29 is 4.79 Å². The maximum Gasteiger partial charge on any atom is 0.251 e. The highest BCUT2D eigenvalue weighted by atomic mass is 35.5. The second-order valence-corrected chi connectivity index (χ2v) is 7.04. The van der Waals surface area contributed by atoms with Crippen molar-refractivity contribution in [3.8, 4) is 0 Å². The smallest absolute Gasteiger partial charge is 0.251 e. The molecule has 2 heterocycles. The summed E-state index contributed by atoms with van der Waals surface area (Å²) in [6.07, 6.45) is 3.91. The molecule has 1 N–H and O–H groups in total. The number of aromatic nitrogens is 1. The van der Waals surface area contributed by atoms with Crippen molar-refractivity contribution in [1.82, 2.24) is 10.3 Å². The minimum atomic E-state index is 0.00344. The van der Waals surface area contributed by atoms with E-state index < -0.39 is 0 Å². The zero-order chi connectivity index (χ0) is 17.2. The van der Waals surface area contributed by atoms with Crippen molar-refractivity contribution in [3.63, 3.8) is 0 Å². The molecule has 1 aromatic heterocycles. The first kappa shape index (κ1) is 16.2. The molecule has 0 spiro atoms. The molecule has 5 nitrogen and oxygen atoms in total. The molecule has 0 atom stereocenters. The predicted octanol–water partition coefficient (Wildman–Crippen LogP) is 2.95. The third kappa shape index (κ3) is 3.87. The summed E-state index contributed by atoms with van der Waals surface area (Å²) in [5, 5.41) is 3.79. The SMILES string of the molecule is O=C(NC1CC1)c1ccnc(N2CCN(c3cccc(Cl)c3)CC2)c1. The van der Waals surface area contributed by atoms with E-state index in [1.807, 2.05) is 24.3 Å². The molecule has 1 aliphatic carbocycles. The lowest BCUT2D eigenvalue weighted by atomic mass is 10.2. The van der Waals surface area contributed by atoms with Gasteiger partial charge in [0, 0.05) is 54.7 Å². The quantitative estimate of drug-likeness (QED) is 0.915. The first-order chi connectivity index (χ1) is 12.2. The monoisotopic (exact) mass is 356 g/mol. The summed E-state index contributed by atoms with van der Waals surface area (Å²) >= 11 is 6.09. The summed E-state index contributed by atoms with van der Waals surface area (Å²) in [4.78, 5) is 21.2. The Balaban J connectivity index is 1.41. The summed E-state index contributed by atoms with van der Waals surface area (Å²) in [5.74, 6) is 0.873. The van der Waals surface area contributed by atoms with Gasteiger partial charge in [-0.3, -0.25) is 4.79 Å². The Morgan fingerprint density at radius 1 is 1.08 bits per heavy atom. The third-order valence-corrected chi connectivity index (χ3v) is 4.93. The van der Waals surface area contributed by atoms with E-state index in [2.05, 4.69) is 26.2 Å². The number of anilines is 2. The number of amides is 1. The van der Waals surface area contributed by atoms with E-state index in [0.29, 0.717) is 11.6 Å². The van der Waals surface area contributed by atoms with Crippen molar-refractivity contribution in [3.05, 3.63) is 53.2 Å². The minimum Gasteiger partial charge on any atom is -0.368 e. The number of carbonyl (C=O) groups is 1. The number of nitrogens with one attached hydrogen (secondary N) is 1. The average Bonchev–Trinajstić information content (AvgIpc) is 3.46. The second-order valence-electron chi connectivity index (χ2n) is 6.60. The Labute approximate surface area is 152 Å². The van der Waals surface area contributed by atoms with Crippen molar-refractivity contribution in [2.75, 3.05) is 36.0 Å². The van der Waals surface area contributed by atoms with Crippen molar-refractivity contribution >= 4 is 29.0 Å². The van der Waals surface area contributed by atoms with Gasteiger partial charge in [0.15, 0.2) is 0 Å². The molecule has 1 aromatic carbocycles. The van der Waals surface area contributed by atoms with Gasteiger partial charge >= 0.3 is 0 Å². The number of carbonyl (C=O) groups excluding carboxylic acids is 1. The van der Waals surface area contributed by atoms with Gasteiger partial charge in [0.25, 0.3) is 5.91 Å². The lowest BCUT2D eigenvalue weighted by Gasteiger charge is -2.36. The van der Waals surface area contributed by atoms with Gasteiger partial charge in [-0.15, -0.1) is 0 Å². The zero-order valence-electron chi connectivity index (χ0n) is 14.0. The van der Waals surface area contributed by atoms with Crippen LogP contribution in [0.5, 0.6) is 0 Å². The van der Waals surface area contributed by atoms with E-state index >= 15 is 0 Å². The molecule has 0 unspecified atom stereocenters. The zero-order valence-corrected chi connectivity index (χ0v) is 14.7. The van der Waals surface area contributed by atoms with Gasteiger partial charge in [0.2, 0.25) is 0 Å². The highest BCUT2D eigenvalue weighted by molar-refractivity contribution is 6.30. The molecular weight excluding hydrogens is 336 g/mol. The summed E-state index contributed by atoms with van der Waals surface area (Å²) in [6, 6.07) is 12.0. The van der Waals surface area contributed by atoms with Gasteiger partial charge in [-0.25, -0.2) is 4.98 Å². The molecule has 25 heavy (non-hydrogen) atoms. The van der Waals surface area contributed by atoms with Crippen molar-refractivity contribution in [1.29, 1.82) is 0 Å². The number of piperazine rings is 1. The lowest BCUT2D eigenvalue weighted by Crippen LogP contribution is -2.46. The minimum absolute atomic E-state index is 0.00344. The summed E-state index contributed by atoms with van der Waals surface area (Å²) in [7, 11) is 0. The molecule has 130 valence electrons. The maximum absolute atomic E-state index is 12.2. The van der Waals surface area contributed by atoms with Gasteiger partial charge < -0.3 is 15.1 Å². The van der Waals surface area contributed by atoms with Crippen molar-refractivity contribution in [2.45, 2.75) is 18.9 Å². The number of hydrogen-bond acceptors (Lipinski definition) is 4. The standard InChI is InChI=1S/C19H21ClN4O/c20-15-2-1-3-17(13-15)23-8-10-24(11-9-23)18-12-14(6-7-21-18)19(25)22-16-4-5-16/h1-3,6-7,12-13,16H,4-5,8-11H2,(H,22,25).